The maximum Gasteiger partial charge on any atom is 0.183 e. The van der Waals surface area contributed by atoms with Gasteiger partial charge in [-0.1, -0.05) is 0 Å². The molecule has 0 radical (unpaired) electrons. The van der Waals surface area contributed by atoms with Crippen LogP contribution in [-0.2, 0) is 4.74 Å². The van der Waals surface area contributed by atoms with Crippen molar-refractivity contribution < 1.29 is 25.2 Å². The summed E-state index contributed by atoms with van der Waals surface area (Å²) in [6.45, 7) is -0.153. The Morgan fingerprint density at radius 3 is 2.10 bits per heavy atom. The lowest BCUT2D eigenvalue weighted by molar-refractivity contribution is -0.252. The van der Waals surface area contributed by atoms with Gasteiger partial charge in [-0.25, -0.2) is 0 Å². The van der Waals surface area contributed by atoms with Crippen molar-refractivity contribution in [2.45, 2.75) is 24.6 Å². The van der Waals surface area contributed by atoms with Crippen molar-refractivity contribution in [1.82, 2.24) is 0 Å². The third-order valence-corrected chi connectivity index (χ3v) is 1.47. The minimum atomic E-state index is -1.41. The first-order chi connectivity index (χ1) is 4.63. The fraction of sp³-hybridized carbons (Fsp3) is 1.00. The third-order valence-electron chi connectivity index (χ3n) is 1.47. The van der Waals surface area contributed by atoms with Crippen LogP contribution in [0.3, 0.4) is 0 Å². The van der Waals surface area contributed by atoms with Gasteiger partial charge in [0.2, 0.25) is 0 Å². The van der Waals surface area contributed by atoms with E-state index in [4.69, 9.17) is 20.4 Å². The quantitative estimate of drug-likeness (QED) is 0.288. The molecule has 0 aliphatic carbocycles. The summed E-state index contributed by atoms with van der Waals surface area (Å²) in [6.07, 6.45) is -5.23. The summed E-state index contributed by atoms with van der Waals surface area (Å²) in [7, 11) is 0. The van der Waals surface area contributed by atoms with Gasteiger partial charge in [-0.3, -0.25) is 0 Å². The van der Waals surface area contributed by atoms with E-state index in [-0.39, 0.29) is 6.61 Å². The minimum absolute atomic E-state index is 0.153. The summed E-state index contributed by atoms with van der Waals surface area (Å²) < 4.78 is 4.47. The molecule has 1 fully saturated rings. The molecule has 5 nitrogen and oxygen atoms in total. The Hall–Kier alpha value is -0.200. The van der Waals surface area contributed by atoms with E-state index in [1.807, 2.05) is 0 Å². The van der Waals surface area contributed by atoms with Gasteiger partial charge in [0.25, 0.3) is 0 Å². The van der Waals surface area contributed by atoms with Gasteiger partial charge in [-0.05, 0) is 0 Å². The molecule has 1 aliphatic heterocycles. The molecule has 60 valence electrons. The highest BCUT2D eigenvalue weighted by molar-refractivity contribution is 4.81. The van der Waals surface area contributed by atoms with E-state index in [0.29, 0.717) is 0 Å². The molecule has 0 aromatic rings. The highest BCUT2D eigenvalue weighted by atomic mass is 16.8. The first-order valence-electron chi connectivity index (χ1n) is 2.97. The molecule has 1 saturated heterocycles. The SMILES string of the molecule is O[13CH]1O[13CH2][13C@@H](O)[13C@@H](O)[13C@H]1O. The molecular weight excluding hydrogens is 145 g/mol. The summed E-state index contributed by atoms with van der Waals surface area (Å²) in [6, 6.07) is 0. The molecule has 1 heterocycles. The molecule has 10 heavy (non-hydrogen) atoms. The normalized spacial score (nSPS) is 49.2. The van der Waals surface area contributed by atoms with Crippen molar-refractivity contribution in [3.63, 3.8) is 0 Å². The molecule has 0 saturated carbocycles. The Kier molecular flexibility index (Phi) is 2.22. The molecule has 0 spiro atoms. The number of aliphatic hydroxyl groups is 4. The van der Waals surface area contributed by atoms with Crippen LogP contribution in [0.1, 0.15) is 0 Å². The first kappa shape index (κ1) is 7.90. The van der Waals surface area contributed by atoms with Gasteiger partial charge in [0.15, 0.2) is 6.29 Å². The first-order valence-corrected chi connectivity index (χ1v) is 2.97. The van der Waals surface area contributed by atoms with E-state index in [9.17, 15) is 0 Å². The van der Waals surface area contributed by atoms with Crippen LogP contribution in [0.15, 0.2) is 0 Å². The van der Waals surface area contributed by atoms with Gasteiger partial charge in [0.1, 0.15) is 18.3 Å². The summed E-state index contributed by atoms with van der Waals surface area (Å²) >= 11 is 0. The fourth-order valence-electron chi connectivity index (χ4n) is 0.791. The van der Waals surface area contributed by atoms with Gasteiger partial charge in [0.05, 0.1) is 6.61 Å². The molecule has 1 unspecified atom stereocenters. The van der Waals surface area contributed by atoms with Gasteiger partial charge < -0.3 is 25.2 Å². The summed E-state index contributed by atoms with van der Waals surface area (Å²) in [5.74, 6) is 0. The second kappa shape index (κ2) is 2.81. The third kappa shape index (κ3) is 1.28. The molecule has 4 N–H and O–H groups in total. The van der Waals surface area contributed by atoms with Crippen LogP contribution in [0.25, 0.3) is 0 Å². The average molecular weight is 155 g/mol. The van der Waals surface area contributed by atoms with Crippen molar-refractivity contribution in [2.75, 3.05) is 6.61 Å². The van der Waals surface area contributed by atoms with Crippen LogP contribution in [0.2, 0.25) is 0 Å². The molecule has 0 amide bonds. The number of hydrogen-bond acceptors (Lipinski definition) is 5. The lowest BCUT2D eigenvalue weighted by atomic mass is 11.0. The zero-order valence-corrected chi connectivity index (χ0v) is 5.21. The van der Waals surface area contributed by atoms with Gasteiger partial charge >= 0.3 is 0 Å². The number of hydrogen-bond donors (Lipinski definition) is 4. The van der Waals surface area contributed by atoms with Gasteiger partial charge in [-0.15, -0.1) is 0 Å². The van der Waals surface area contributed by atoms with E-state index in [1.165, 1.54) is 0 Å². The summed E-state index contributed by atoms with van der Waals surface area (Å²) in [4.78, 5) is 0. The molecule has 1 rings (SSSR count). The lowest BCUT2D eigenvalue weighted by Crippen LogP contribution is -2.52. The molecular formula is C5H10O5. The van der Waals surface area contributed by atoms with Crippen LogP contribution in [-0.4, -0.2) is 51.6 Å². The molecule has 1 aliphatic rings. The van der Waals surface area contributed by atoms with Crippen LogP contribution in [0, 0.1) is 0 Å². The maximum atomic E-state index is 8.88. The molecule has 5 heteroatoms. The molecule has 0 aromatic heterocycles. The van der Waals surface area contributed by atoms with Crippen LogP contribution in [0.4, 0.5) is 0 Å². The van der Waals surface area contributed by atoms with Crippen molar-refractivity contribution in [3.8, 4) is 0 Å². The van der Waals surface area contributed by atoms with Crippen molar-refractivity contribution in [3.05, 3.63) is 0 Å². The lowest BCUT2D eigenvalue weighted by Gasteiger charge is -2.31. The van der Waals surface area contributed by atoms with Gasteiger partial charge in [-0.2, -0.15) is 0 Å². The highest BCUT2D eigenvalue weighted by Crippen LogP contribution is 2.12. The van der Waals surface area contributed by atoms with Crippen molar-refractivity contribution >= 4 is 0 Å². The molecule has 4 atom stereocenters. The van der Waals surface area contributed by atoms with E-state index in [1.54, 1.807) is 0 Å². The largest absolute Gasteiger partial charge is 0.388 e. The topological polar surface area (TPSA) is 90.2 Å². The van der Waals surface area contributed by atoms with E-state index in [0.717, 1.165) is 0 Å². The predicted octanol–water partition coefficient (Wildman–Crippen LogP) is -2.58. The highest BCUT2D eigenvalue weighted by Gasteiger charge is 2.36. The average Bonchev–Trinajstić information content (AvgIpc) is 1.93. The van der Waals surface area contributed by atoms with Crippen LogP contribution < -0.4 is 0 Å². The maximum absolute atomic E-state index is 8.88. The Morgan fingerprint density at radius 1 is 1.00 bits per heavy atom. The zero-order chi connectivity index (χ0) is 7.72. The fourth-order valence-corrected chi connectivity index (χ4v) is 0.791. The standard InChI is InChI=1S/C5H10O5/c6-2-1-10-5(9)4(8)3(2)7/h2-9H,1H2/t2-,3-,4-,5?/m1/s1/i1+1,2+1,3+1,4+1,5+1. The second-order valence-corrected chi connectivity index (χ2v) is 2.27. The van der Waals surface area contributed by atoms with E-state index >= 15 is 0 Å². The molecule has 0 bridgehead atoms. The predicted molar refractivity (Wildman–Crippen MR) is 30.0 cm³/mol. The zero-order valence-electron chi connectivity index (χ0n) is 5.21. The van der Waals surface area contributed by atoms with Crippen molar-refractivity contribution in [1.29, 1.82) is 0 Å². The number of ether oxygens (including phenoxy) is 1. The second-order valence-electron chi connectivity index (χ2n) is 2.27. The minimum Gasteiger partial charge on any atom is -0.388 e. The number of aliphatic hydroxyl groups excluding tert-OH is 4. The van der Waals surface area contributed by atoms with Crippen LogP contribution >= 0.6 is 0 Å². The summed E-state index contributed by atoms with van der Waals surface area (Å²) in [5.41, 5.74) is 0. The van der Waals surface area contributed by atoms with Gasteiger partial charge in [0, 0.05) is 0 Å². The van der Waals surface area contributed by atoms with E-state index in [2.05, 4.69) is 4.74 Å². The monoisotopic (exact) mass is 155 g/mol. The Morgan fingerprint density at radius 2 is 1.60 bits per heavy atom. The molecule has 0 aromatic carbocycles. The van der Waals surface area contributed by atoms with E-state index < -0.39 is 24.6 Å². The number of rotatable bonds is 0. The summed E-state index contributed by atoms with van der Waals surface area (Å²) in [5, 5.41) is 35.3. The van der Waals surface area contributed by atoms with Crippen molar-refractivity contribution in [2.24, 2.45) is 0 Å². The smallest absolute Gasteiger partial charge is 0.183 e. The Bertz CT molecular complexity index is 103. The Balaban J connectivity index is 2.52. The van der Waals surface area contributed by atoms with Crippen LogP contribution in [0.5, 0.6) is 0 Å². The Labute approximate surface area is 57.5 Å².